The molecule has 1 aromatic carbocycles. The van der Waals surface area contributed by atoms with Gasteiger partial charge in [0.05, 0.1) is 6.10 Å². The maximum atomic E-state index is 12.1. The zero-order valence-electron chi connectivity index (χ0n) is 15.7. The minimum Gasteiger partial charge on any atom is -0.389 e. The number of aliphatic hydroxyl groups is 1. The first-order valence-corrected chi connectivity index (χ1v) is 9.62. The minimum absolute atomic E-state index is 0.0913. The van der Waals surface area contributed by atoms with Gasteiger partial charge in [0, 0.05) is 12.3 Å². The second kappa shape index (κ2) is 11.3. The molecule has 144 valence electrons. The van der Waals surface area contributed by atoms with Gasteiger partial charge in [-0.15, -0.1) is 0 Å². The fourth-order valence-corrected chi connectivity index (χ4v) is 3.19. The van der Waals surface area contributed by atoms with Gasteiger partial charge in [-0.3, -0.25) is 9.59 Å². The molecule has 0 unspecified atom stereocenters. The van der Waals surface area contributed by atoms with Crippen molar-refractivity contribution in [2.24, 2.45) is 17.6 Å². The normalized spacial score (nSPS) is 20.7. The summed E-state index contributed by atoms with van der Waals surface area (Å²) in [5, 5.41) is 10.2. The van der Waals surface area contributed by atoms with Crippen LogP contribution >= 0.6 is 0 Å². The molecule has 0 radical (unpaired) electrons. The van der Waals surface area contributed by atoms with E-state index in [0.29, 0.717) is 12.8 Å². The fraction of sp³-hybridized carbons (Fsp3) is 0.391. The van der Waals surface area contributed by atoms with Crippen LogP contribution in [0.3, 0.4) is 0 Å². The van der Waals surface area contributed by atoms with Crippen molar-refractivity contribution in [2.75, 3.05) is 0 Å². The molecule has 0 fully saturated rings. The Morgan fingerprint density at radius 1 is 1.22 bits per heavy atom. The number of rotatable bonds is 11. The number of carbonyl (C=O) groups excluding carboxylic acids is 2. The third-order valence-corrected chi connectivity index (χ3v) is 4.78. The molecular formula is C23H29NO3. The predicted octanol–water partition coefficient (Wildman–Crippen LogP) is 3.51. The number of benzene rings is 1. The molecule has 1 aliphatic carbocycles. The fourth-order valence-electron chi connectivity index (χ4n) is 3.19. The molecule has 0 saturated heterocycles. The van der Waals surface area contributed by atoms with Gasteiger partial charge in [0.2, 0.25) is 5.91 Å². The summed E-state index contributed by atoms with van der Waals surface area (Å²) in [5.41, 5.74) is 6.31. The first-order chi connectivity index (χ1) is 13.1. The molecule has 1 aliphatic rings. The highest BCUT2D eigenvalue weighted by Crippen LogP contribution is 2.27. The minimum atomic E-state index is -0.552. The Kier molecular flexibility index (Phi) is 8.72. The summed E-state index contributed by atoms with van der Waals surface area (Å²) in [6.45, 7) is 0. The van der Waals surface area contributed by atoms with Gasteiger partial charge in [-0.1, -0.05) is 60.7 Å². The molecule has 2 rings (SSSR count). The average molecular weight is 367 g/mol. The van der Waals surface area contributed by atoms with Gasteiger partial charge in [-0.2, -0.15) is 0 Å². The van der Waals surface area contributed by atoms with Crippen molar-refractivity contribution in [1.82, 2.24) is 0 Å². The summed E-state index contributed by atoms with van der Waals surface area (Å²) in [7, 11) is 0. The largest absolute Gasteiger partial charge is 0.389 e. The van der Waals surface area contributed by atoms with Crippen LogP contribution in [0.1, 0.15) is 37.7 Å². The molecule has 0 aromatic heterocycles. The van der Waals surface area contributed by atoms with Gasteiger partial charge >= 0.3 is 0 Å². The van der Waals surface area contributed by atoms with Crippen molar-refractivity contribution in [3.63, 3.8) is 0 Å². The lowest BCUT2D eigenvalue weighted by Gasteiger charge is -2.13. The average Bonchev–Trinajstić information content (AvgIpc) is 3.01. The van der Waals surface area contributed by atoms with Crippen molar-refractivity contribution < 1.29 is 14.7 Å². The zero-order chi connectivity index (χ0) is 19.5. The van der Waals surface area contributed by atoms with Crippen LogP contribution in [0.25, 0.3) is 0 Å². The Morgan fingerprint density at radius 2 is 2.00 bits per heavy atom. The Hall–Kier alpha value is -2.46. The summed E-state index contributed by atoms with van der Waals surface area (Å²) in [6.07, 6.45) is 14.9. The van der Waals surface area contributed by atoms with E-state index in [1.807, 2.05) is 48.6 Å². The van der Waals surface area contributed by atoms with E-state index >= 15 is 0 Å². The number of allylic oxidation sites excluding steroid dienone is 5. The summed E-state index contributed by atoms with van der Waals surface area (Å²) in [6, 6.07) is 10.1. The molecule has 0 saturated carbocycles. The quantitative estimate of drug-likeness (QED) is 0.464. The van der Waals surface area contributed by atoms with Gasteiger partial charge in [-0.05, 0) is 49.7 Å². The first-order valence-electron chi connectivity index (χ1n) is 9.62. The Bertz CT molecular complexity index is 691. The van der Waals surface area contributed by atoms with E-state index in [2.05, 4.69) is 6.08 Å². The lowest BCUT2D eigenvalue weighted by molar-refractivity contribution is -0.118. The number of nitrogens with two attached hydrogens (primary N) is 1. The van der Waals surface area contributed by atoms with Gasteiger partial charge in [0.1, 0.15) is 0 Å². The molecule has 4 nitrogen and oxygen atoms in total. The van der Waals surface area contributed by atoms with Crippen LogP contribution in [0.15, 0.2) is 66.8 Å². The SMILES string of the molecule is NC(=O)CCCC=CC[C@H]1C=CC(=O)[C@H]1C=C[C@@H](O)CCc1ccccc1. The number of aryl methyl sites for hydroxylation is 1. The standard InChI is InChI=1S/C23H29NO3/c24-23(27)11-7-2-1-6-10-19-13-17-22(26)21(19)16-15-20(25)14-12-18-8-4-3-5-9-18/h1,3-6,8-9,13,15-17,19-21,25H,2,7,10-12,14H2,(H2,24,27)/t19-,20-,21-/m0/s1. The molecule has 3 atom stereocenters. The second-order valence-electron chi connectivity index (χ2n) is 6.99. The molecule has 27 heavy (non-hydrogen) atoms. The lowest BCUT2D eigenvalue weighted by atomic mass is 9.90. The molecule has 0 bridgehead atoms. The summed E-state index contributed by atoms with van der Waals surface area (Å²) in [4.78, 5) is 22.8. The molecule has 0 heterocycles. The monoisotopic (exact) mass is 367 g/mol. The number of ketones is 1. The molecule has 4 heteroatoms. The highest BCUT2D eigenvalue weighted by Gasteiger charge is 2.26. The number of hydrogen-bond acceptors (Lipinski definition) is 3. The van der Waals surface area contributed by atoms with E-state index in [1.54, 1.807) is 12.2 Å². The van der Waals surface area contributed by atoms with Crippen LogP contribution in [0.5, 0.6) is 0 Å². The number of aliphatic hydroxyl groups excluding tert-OH is 1. The molecule has 1 amide bonds. The maximum Gasteiger partial charge on any atom is 0.217 e. The van der Waals surface area contributed by atoms with Crippen molar-refractivity contribution in [2.45, 2.75) is 44.6 Å². The van der Waals surface area contributed by atoms with Gasteiger partial charge in [0.15, 0.2) is 5.78 Å². The van der Waals surface area contributed by atoms with Crippen molar-refractivity contribution in [1.29, 1.82) is 0 Å². The molecule has 0 aliphatic heterocycles. The van der Waals surface area contributed by atoms with Gasteiger partial charge in [0.25, 0.3) is 0 Å². The maximum absolute atomic E-state index is 12.1. The van der Waals surface area contributed by atoms with Crippen LogP contribution in [0, 0.1) is 11.8 Å². The number of hydrogen-bond donors (Lipinski definition) is 2. The van der Waals surface area contributed by atoms with Crippen molar-refractivity contribution in [3.05, 3.63) is 72.4 Å². The van der Waals surface area contributed by atoms with Gasteiger partial charge in [-0.25, -0.2) is 0 Å². The molecular weight excluding hydrogens is 338 g/mol. The van der Waals surface area contributed by atoms with Gasteiger partial charge < -0.3 is 10.8 Å². The van der Waals surface area contributed by atoms with Crippen LogP contribution in [0.4, 0.5) is 0 Å². The third kappa shape index (κ3) is 7.75. The highest BCUT2D eigenvalue weighted by molar-refractivity contribution is 5.95. The summed E-state index contributed by atoms with van der Waals surface area (Å²) >= 11 is 0. The van der Waals surface area contributed by atoms with Crippen LogP contribution in [-0.4, -0.2) is 22.9 Å². The number of primary amides is 1. The Labute approximate surface area is 161 Å². The van der Waals surface area contributed by atoms with Crippen molar-refractivity contribution >= 4 is 11.7 Å². The Morgan fingerprint density at radius 3 is 2.74 bits per heavy atom. The number of unbranched alkanes of at least 4 members (excludes halogenated alkanes) is 1. The Balaban J connectivity index is 1.77. The van der Waals surface area contributed by atoms with Crippen LogP contribution in [0.2, 0.25) is 0 Å². The predicted molar refractivity (Wildman–Crippen MR) is 108 cm³/mol. The van der Waals surface area contributed by atoms with E-state index in [1.165, 1.54) is 5.56 Å². The lowest BCUT2D eigenvalue weighted by Crippen LogP contribution is -2.14. The number of amides is 1. The van der Waals surface area contributed by atoms with E-state index in [-0.39, 0.29) is 23.5 Å². The smallest absolute Gasteiger partial charge is 0.217 e. The zero-order valence-corrected chi connectivity index (χ0v) is 15.7. The summed E-state index contributed by atoms with van der Waals surface area (Å²) in [5.74, 6) is -0.258. The van der Waals surface area contributed by atoms with Crippen LogP contribution in [-0.2, 0) is 16.0 Å². The van der Waals surface area contributed by atoms with Crippen LogP contribution < -0.4 is 5.73 Å². The van der Waals surface area contributed by atoms with E-state index in [0.717, 1.165) is 25.7 Å². The number of carbonyl (C=O) groups is 2. The van der Waals surface area contributed by atoms with E-state index in [4.69, 9.17) is 5.73 Å². The molecule has 1 aromatic rings. The first kappa shape index (κ1) is 20.8. The third-order valence-electron chi connectivity index (χ3n) is 4.78. The second-order valence-corrected chi connectivity index (χ2v) is 6.99. The topological polar surface area (TPSA) is 80.4 Å². The summed E-state index contributed by atoms with van der Waals surface area (Å²) < 4.78 is 0. The molecule has 3 N–H and O–H groups in total. The molecule has 0 spiro atoms. The van der Waals surface area contributed by atoms with E-state index in [9.17, 15) is 14.7 Å². The highest BCUT2D eigenvalue weighted by atomic mass is 16.3. The van der Waals surface area contributed by atoms with E-state index < -0.39 is 6.10 Å². The van der Waals surface area contributed by atoms with Crippen molar-refractivity contribution in [3.8, 4) is 0 Å².